The van der Waals surface area contributed by atoms with Gasteiger partial charge in [0.1, 0.15) is 0 Å². The van der Waals surface area contributed by atoms with Crippen molar-refractivity contribution in [3.8, 4) is 0 Å². The summed E-state index contributed by atoms with van der Waals surface area (Å²) >= 11 is 0. The molecule has 0 aliphatic carbocycles. The summed E-state index contributed by atoms with van der Waals surface area (Å²) in [5.41, 5.74) is 10.9. The minimum absolute atomic E-state index is 0.181. The Morgan fingerprint density at radius 1 is 1.07 bits per heavy atom. The number of rotatable bonds is 0. The molecule has 6 N–H and O–H groups in total. The van der Waals surface area contributed by atoms with Crippen LogP contribution in [0.4, 0.5) is 11.4 Å². The van der Waals surface area contributed by atoms with Gasteiger partial charge in [0.05, 0.1) is 22.3 Å². The molecule has 0 atom stereocenters. The maximum atomic E-state index is 11.4. The Morgan fingerprint density at radius 2 is 1.79 bits per heavy atom. The molecule has 1 heterocycles. The van der Waals surface area contributed by atoms with E-state index < -0.39 is 11.2 Å². The average molecular weight is 192 g/mol. The molecule has 0 amide bonds. The number of hydrogen-bond donors (Lipinski definition) is 4. The van der Waals surface area contributed by atoms with E-state index in [1.165, 1.54) is 12.1 Å². The van der Waals surface area contributed by atoms with Crippen LogP contribution in [-0.2, 0) is 0 Å². The van der Waals surface area contributed by atoms with Crippen molar-refractivity contribution >= 4 is 22.3 Å². The highest BCUT2D eigenvalue weighted by molar-refractivity contribution is 5.95. The first-order chi connectivity index (χ1) is 6.59. The number of aromatic amines is 2. The first-order valence-electron chi connectivity index (χ1n) is 3.90. The van der Waals surface area contributed by atoms with Gasteiger partial charge in [-0.05, 0) is 12.1 Å². The maximum Gasteiger partial charge on any atom is 0.326 e. The van der Waals surface area contributed by atoms with Crippen molar-refractivity contribution in [1.82, 2.24) is 9.97 Å². The molecule has 6 heteroatoms. The first kappa shape index (κ1) is 8.36. The maximum absolute atomic E-state index is 11.4. The Balaban J connectivity index is 3.11. The zero-order valence-corrected chi connectivity index (χ0v) is 7.13. The topological polar surface area (TPSA) is 118 Å². The van der Waals surface area contributed by atoms with Crippen molar-refractivity contribution in [3.05, 3.63) is 33.0 Å². The molecular formula is C8H8N4O2. The van der Waals surface area contributed by atoms with E-state index >= 15 is 0 Å². The van der Waals surface area contributed by atoms with E-state index in [0.29, 0.717) is 11.2 Å². The van der Waals surface area contributed by atoms with Crippen LogP contribution in [0.3, 0.4) is 0 Å². The molecule has 72 valence electrons. The molecule has 0 unspecified atom stereocenters. The van der Waals surface area contributed by atoms with Gasteiger partial charge in [-0.25, -0.2) is 4.79 Å². The average Bonchev–Trinajstić information content (AvgIpc) is 2.10. The molecular weight excluding hydrogens is 184 g/mol. The van der Waals surface area contributed by atoms with Crippen molar-refractivity contribution in [2.24, 2.45) is 0 Å². The largest absolute Gasteiger partial charge is 0.397 e. The monoisotopic (exact) mass is 192 g/mol. The molecule has 0 aliphatic rings. The number of nitrogen functional groups attached to an aromatic ring is 2. The zero-order chi connectivity index (χ0) is 10.3. The highest BCUT2D eigenvalue weighted by Gasteiger charge is 2.06. The number of nitrogens with one attached hydrogen (secondary N) is 2. The fourth-order valence-corrected chi connectivity index (χ4v) is 1.30. The minimum Gasteiger partial charge on any atom is -0.397 e. The van der Waals surface area contributed by atoms with Gasteiger partial charge in [-0.3, -0.25) is 9.78 Å². The van der Waals surface area contributed by atoms with Crippen LogP contribution in [0, 0.1) is 0 Å². The summed E-state index contributed by atoms with van der Waals surface area (Å²) in [6, 6.07) is 3.07. The van der Waals surface area contributed by atoms with Crippen LogP contribution >= 0.6 is 0 Å². The van der Waals surface area contributed by atoms with Gasteiger partial charge in [0, 0.05) is 0 Å². The molecule has 1 aromatic heterocycles. The van der Waals surface area contributed by atoms with Crippen molar-refractivity contribution in [2.75, 3.05) is 11.5 Å². The Labute approximate surface area is 77.6 Å². The fourth-order valence-electron chi connectivity index (χ4n) is 1.30. The number of anilines is 2. The van der Waals surface area contributed by atoms with Crippen molar-refractivity contribution in [2.45, 2.75) is 0 Å². The third-order valence-corrected chi connectivity index (χ3v) is 1.98. The second-order valence-corrected chi connectivity index (χ2v) is 2.90. The molecule has 0 aliphatic heterocycles. The Kier molecular flexibility index (Phi) is 1.57. The lowest BCUT2D eigenvalue weighted by atomic mass is 10.2. The SMILES string of the molecule is Nc1ccc2[nH]c(=O)[nH]c(=O)c2c1N. The van der Waals surface area contributed by atoms with Crippen molar-refractivity contribution in [1.29, 1.82) is 0 Å². The first-order valence-corrected chi connectivity index (χ1v) is 3.90. The smallest absolute Gasteiger partial charge is 0.326 e. The van der Waals surface area contributed by atoms with Gasteiger partial charge in [-0.15, -0.1) is 0 Å². The standard InChI is InChI=1S/C8H8N4O2/c9-3-1-2-4-5(6(3)10)7(13)12-8(14)11-4/h1-2H,9-10H2,(H2,11,12,13,14). The van der Waals surface area contributed by atoms with E-state index in [9.17, 15) is 9.59 Å². The molecule has 14 heavy (non-hydrogen) atoms. The van der Waals surface area contributed by atoms with E-state index in [2.05, 4.69) is 9.97 Å². The molecule has 2 rings (SSSR count). The highest BCUT2D eigenvalue weighted by Crippen LogP contribution is 2.20. The fraction of sp³-hybridized carbons (Fsp3) is 0. The van der Waals surface area contributed by atoms with Gasteiger partial charge in [0.2, 0.25) is 0 Å². The minimum atomic E-state index is -0.563. The molecule has 0 radical (unpaired) electrons. The molecule has 2 aromatic rings. The third-order valence-electron chi connectivity index (χ3n) is 1.98. The van der Waals surface area contributed by atoms with E-state index in [-0.39, 0.29) is 11.1 Å². The summed E-state index contributed by atoms with van der Waals surface area (Å²) in [5.74, 6) is 0. The molecule has 0 spiro atoms. The molecule has 0 bridgehead atoms. The number of aromatic nitrogens is 2. The lowest BCUT2D eigenvalue weighted by Gasteiger charge is -2.02. The number of hydrogen-bond acceptors (Lipinski definition) is 4. The van der Waals surface area contributed by atoms with Gasteiger partial charge >= 0.3 is 5.69 Å². The Bertz CT molecular complexity index is 611. The molecule has 6 nitrogen and oxygen atoms in total. The van der Waals surface area contributed by atoms with E-state index in [1.807, 2.05) is 0 Å². The van der Waals surface area contributed by atoms with Gasteiger partial charge < -0.3 is 16.5 Å². The van der Waals surface area contributed by atoms with E-state index in [4.69, 9.17) is 11.5 Å². The lowest BCUT2D eigenvalue weighted by molar-refractivity contribution is 1.08. The van der Waals surface area contributed by atoms with Crippen molar-refractivity contribution in [3.63, 3.8) is 0 Å². The number of nitrogens with two attached hydrogens (primary N) is 2. The van der Waals surface area contributed by atoms with Gasteiger partial charge in [-0.1, -0.05) is 0 Å². The second-order valence-electron chi connectivity index (χ2n) is 2.90. The molecule has 0 saturated heterocycles. The van der Waals surface area contributed by atoms with Crippen LogP contribution in [-0.4, -0.2) is 9.97 Å². The second kappa shape index (κ2) is 2.63. The number of benzene rings is 1. The van der Waals surface area contributed by atoms with Gasteiger partial charge in [0.15, 0.2) is 0 Å². The number of fused-ring (bicyclic) bond motifs is 1. The number of H-pyrrole nitrogens is 2. The Morgan fingerprint density at radius 3 is 2.50 bits per heavy atom. The molecule has 1 aromatic carbocycles. The zero-order valence-electron chi connectivity index (χ0n) is 7.13. The molecule has 0 fully saturated rings. The predicted molar refractivity (Wildman–Crippen MR) is 54.0 cm³/mol. The van der Waals surface area contributed by atoms with Crippen LogP contribution < -0.4 is 22.7 Å². The van der Waals surface area contributed by atoms with Gasteiger partial charge in [-0.2, -0.15) is 0 Å². The van der Waals surface area contributed by atoms with Crippen LogP contribution in [0.15, 0.2) is 21.7 Å². The summed E-state index contributed by atoms with van der Waals surface area (Å²) in [6.45, 7) is 0. The summed E-state index contributed by atoms with van der Waals surface area (Å²) in [5, 5.41) is 0.213. The summed E-state index contributed by atoms with van der Waals surface area (Å²) < 4.78 is 0. The van der Waals surface area contributed by atoms with Crippen LogP contribution in [0.1, 0.15) is 0 Å². The summed E-state index contributed by atoms with van der Waals surface area (Å²) in [4.78, 5) is 26.8. The lowest BCUT2D eigenvalue weighted by Crippen LogP contribution is -2.22. The Hall–Kier alpha value is -2.24. The van der Waals surface area contributed by atoms with Crippen molar-refractivity contribution < 1.29 is 0 Å². The van der Waals surface area contributed by atoms with E-state index in [0.717, 1.165) is 0 Å². The quantitative estimate of drug-likeness (QED) is 0.416. The van der Waals surface area contributed by atoms with Crippen LogP contribution in [0.25, 0.3) is 10.9 Å². The summed E-state index contributed by atoms with van der Waals surface area (Å²) in [6.07, 6.45) is 0. The van der Waals surface area contributed by atoms with E-state index in [1.54, 1.807) is 0 Å². The predicted octanol–water partition coefficient (Wildman–Crippen LogP) is -0.619. The highest BCUT2D eigenvalue weighted by atomic mass is 16.2. The van der Waals surface area contributed by atoms with Crippen LogP contribution in [0.5, 0.6) is 0 Å². The normalized spacial score (nSPS) is 10.6. The third kappa shape index (κ3) is 1.05. The molecule has 0 saturated carbocycles. The van der Waals surface area contributed by atoms with Gasteiger partial charge in [0.25, 0.3) is 5.56 Å². The summed E-state index contributed by atoms with van der Waals surface area (Å²) in [7, 11) is 0. The van der Waals surface area contributed by atoms with Crippen LogP contribution in [0.2, 0.25) is 0 Å².